The Morgan fingerprint density at radius 3 is 2.47 bits per heavy atom. The fourth-order valence-electron chi connectivity index (χ4n) is 3.81. The first-order valence-electron chi connectivity index (χ1n) is 7.54. The molecule has 1 saturated carbocycles. The smallest absolute Gasteiger partial charge is 0.00753 e. The molecule has 98 valence electrons. The van der Waals surface area contributed by atoms with Crippen LogP contribution in [0.4, 0.5) is 0 Å². The summed E-state index contributed by atoms with van der Waals surface area (Å²) in [5, 5.41) is 3.84. The van der Waals surface area contributed by atoms with Gasteiger partial charge in [-0.2, -0.15) is 0 Å². The average Bonchev–Trinajstić information content (AvgIpc) is 2.90. The second kappa shape index (κ2) is 5.56. The van der Waals surface area contributed by atoms with Gasteiger partial charge >= 0.3 is 0 Å². The van der Waals surface area contributed by atoms with Gasteiger partial charge in [0.05, 0.1) is 0 Å². The van der Waals surface area contributed by atoms with Crippen LogP contribution in [0.1, 0.15) is 53.4 Å². The monoisotopic (exact) mass is 235 g/mol. The van der Waals surface area contributed by atoms with Crippen LogP contribution >= 0.6 is 0 Å². The Bertz CT molecular complexity index is 271. The molecule has 1 N–H and O–H groups in total. The molecule has 2 bridgehead atoms. The SMILES string of the molecule is CCC(C)CC(C)NC(C)C1CC2C=CC1C2. The van der Waals surface area contributed by atoms with E-state index >= 15 is 0 Å². The molecule has 2 rings (SSSR count). The predicted octanol–water partition coefficient (Wildman–Crippen LogP) is 4.00. The van der Waals surface area contributed by atoms with Gasteiger partial charge < -0.3 is 5.32 Å². The minimum Gasteiger partial charge on any atom is -0.311 e. The van der Waals surface area contributed by atoms with Crippen LogP contribution in [0.3, 0.4) is 0 Å². The lowest BCUT2D eigenvalue weighted by molar-refractivity contribution is 0.286. The van der Waals surface area contributed by atoms with Crippen molar-refractivity contribution in [1.82, 2.24) is 5.32 Å². The predicted molar refractivity (Wildman–Crippen MR) is 75.0 cm³/mol. The van der Waals surface area contributed by atoms with Crippen LogP contribution in [0.15, 0.2) is 12.2 Å². The molecule has 0 spiro atoms. The van der Waals surface area contributed by atoms with Crippen molar-refractivity contribution in [3.8, 4) is 0 Å². The lowest BCUT2D eigenvalue weighted by atomic mass is 9.87. The maximum atomic E-state index is 3.84. The second-order valence-electron chi connectivity index (χ2n) is 6.55. The largest absolute Gasteiger partial charge is 0.311 e. The van der Waals surface area contributed by atoms with Crippen molar-refractivity contribution in [3.05, 3.63) is 12.2 Å². The molecular weight excluding hydrogens is 206 g/mol. The number of allylic oxidation sites excluding steroid dienone is 2. The molecule has 2 aliphatic rings. The molecule has 6 unspecified atom stereocenters. The van der Waals surface area contributed by atoms with Crippen molar-refractivity contribution in [3.63, 3.8) is 0 Å². The summed E-state index contributed by atoms with van der Waals surface area (Å²) in [4.78, 5) is 0. The maximum absolute atomic E-state index is 3.84. The van der Waals surface area contributed by atoms with Gasteiger partial charge in [-0.15, -0.1) is 0 Å². The summed E-state index contributed by atoms with van der Waals surface area (Å²) in [5.41, 5.74) is 0. The summed E-state index contributed by atoms with van der Waals surface area (Å²) < 4.78 is 0. The van der Waals surface area contributed by atoms with Gasteiger partial charge in [0, 0.05) is 12.1 Å². The third-order valence-electron chi connectivity index (χ3n) is 4.97. The first-order valence-corrected chi connectivity index (χ1v) is 7.54. The van der Waals surface area contributed by atoms with Crippen molar-refractivity contribution >= 4 is 0 Å². The van der Waals surface area contributed by atoms with E-state index in [9.17, 15) is 0 Å². The van der Waals surface area contributed by atoms with Gasteiger partial charge in [-0.05, 0) is 56.8 Å². The number of nitrogens with one attached hydrogen (secondary N) is 1. The Balaban J connectivity index is 1.77. The molecule has 0 aromatic heterocycles. The van der Waals surface area contributed by atoms with E-state index in [0.29, 0.717) is 12.1 Å². The molecule has 17 heavy (non-hydrogen) atoms. The number of rotatable bonds is 6. The van der Waals surface area contributed by atoms with Gasteiger partial charge in [0.1, 0.15) is 0 Å². The molecule has 0 radical (unpaired) electrons. The average molecular weight is 235 g/mol. The lowest BCUT2D eigenvalue weighted by Crippen LogP contribution is -2.41. The Morgan fingerprint density at radius 1 is 1.18 bits per heavy atom. The maximum Gasteiger partial charge on any atom is 0.00753 e. The van der Waals surface area contributed by atoms with Gasteiger partial charge in [-0.25, -0.2) is 0 Å². The number of fused-ring (bicyclic) bond motifs is 2. The Kier molecular flexibility index (Phi) is 4.30. The quantitative estimate of drug-likeness (QED) is 0.686. The summed E-state index contributed by atoms with van der Waals surface area (Å²) in [5.74, 6) is 3.52. The van der Waals surface area contributed by atoms with Gasteiger partial charge in [-0.1, -0.05) is 32.4 Å². The summed E-state index contributed by atoms with van der Waals surface area (Å²) in [6, 6.07) is 1.36. The highest BCUT2D eigenvalue weighted by atomic mass is 14.9. The minimum atomic E-state index is 0.669. The molecule has 0 saturated heterocycles. The standard InChI is InChI=1S/C16H29N/c1-5-11(2)8-12(3)17-13(4)16-10-14-6-7-15(16)9-14/h6-7,11-17H,5,8-10H2,1-4H3. The first kappa shape index (κ1) is 13.1. The highest BCUT2D eigenvalue weighted by Crippen LogP contribution is 2.44. The highest BCUT2D eigenvalue weighted by molar-refractivity contribution is 5.11. The van der Waals surface area contributed by atoms with Gasteiger partial charge in [0.2, 0.25) is 0 Å². The van der Waals surface area contributed by atoms with E-state index in [4.69, 9.17) is 0 Å². The first-order chi connectivity index (χ1) is 8.10. The topological polar surface area (TPSA) is 12.0 Å². The number of hydrogen-bond acceptors (Lipinski definition) is 1. The number of hydrogen-bond donors (Lipinski definition) is 1. The minimum absolute atomic E-state index is 0.669. The molecule has 0 heterocycles. The van der Waals surface area contributed by atoms with Gasteiger partial charge in [-0.3, -0.25) is 0 Å². The highest BCUT2D eigenvalue weighted by Gasteiger charge is 2.38. The van der Waals surface area contributed by atoms with Crippen LogP contribution in [0.5, 0.6) is 0 Å². The molecule has 6 atom stereocenters. The molecular formula is C16H29N. The van der Waals surface area contributed by atoms with E-state index in [1.165, 1.54) is 25.7 Å². The summed E-state index contributed by atoms with van der Waals surface area (Å²) in [6.07, 6.45) is 10.4. The van der Waals surface area contributed by atoms with Crippen LogP contribution in [0.2, 0.25) is 0 Å². The zero-order valence-corrected chi connectivity index (χ0v) is 11.9. The molecule has 0 aromatic rings. The lowest BCUT2D eigenvalue weighted by Gasteiger charge is -2.30. The second-order valence-corrected chi connectivity index (χ2v) is 6.55. The van der Waals surface area contributed by atoms with Gasteiger partial charge in [0.25, 0.3) is 0 Å². The van der Waals surface area contributed by atoms with E-state index < -0.39 is 0 Å². The zero-order chi connectivity index (χ0) is 12.4. The van der Waals surface area contributed by atoms with Crippen LogP contribution in [-0.2, 0) is 0 Å². The van der Waals surface area contributed by atoms with Crippen LogP contribution in [-0.4, -0.2) is 12.1 Å². The Labute approximate surface area is 107 Å². The Hall–Kier alpha value is -0.300. The van der Waals surface area contributed by atoms with E-state index in [-0.39, 0.29) is 0 Å². The third-order valence-corrected chi connectivity index (χ3v) is 4.97. The van der Waals surface area contributed by atoms with Crippen molar-refractivity contribution in [2.75, 3.05) is 0 Å². The summed E-state index contributed by atoms with van der Waals surface area (Å²) in [7, 11) is 0. The molecule has 0 aliphatic heterocycles. The van der Waals surface area contributed by atoms with E-state index in [2.05, 4.69) is 45.2 Å². The Morgan fingerprint density at radius 2 is 1.94 bits per heavy atom. The van der Waals surface area contributed by atoms with Crippen LogP contribution < -0.4 is 5.32 Å². The molecule has 1 fully saturated rings. The van der Waals surface area contributed by atoms with Crippen LogP contribution in [0, 0.1) is 23.7 Å². The summed E-state index contributed by atoms with van der Waals surface area (Å²) in [6.45, 7) is 9.41. The molecule has 0 amide bonds. The van der Waals surface area contributed by atoms with E-state index in [1.54, 1.807) is 0 Å². The van der Waals surface area contributed by atoms with E-state index in [0.717, 1.165) is 23.7 Å². The van der Waals surface area contributed by atoms with Crippen molar-refractivity contribution in [1.29, 1.82) is 0 Å². The fourth-order valence-corrected chi connectivity index (χ4v) is 3.81. The fraction of sp³-hybridized carbons (Fsp3) is 0.875. The molecule has 1 heteroatoms. The zero-order valence-electron chi connectivity index (χ0n) is 11.9. The third kappa shape index (κ3) is 3.13. The molecule has 1 nitrogen and oxygen atoms in total. The molecule has 2 aliphatic carbocycles. The normalized spacial score (nSPS) is 36.1. The van der Waals surface area contributed by atoms with Crippen molar-refractivity contribution in [2.45, 2.75) is 65.5 Å². The van der Waals surface area contributed by atoms with E-state index in [1.807, 2.05) is 0 Å². The van der Waals surface area contributed by atoms with Crippen LogP contribution in [0.25, 0.3) is 0 Å². The van der Waals surface area contributed by atoms with Crippen molar-refractivity contribution in [2.24, 2.45) is 23.7 Å². The summed E-state index contributed by atoms with van der Waals surface area (Å²) >= 11 is 0. The molecule has 0 aromatic carbocycles. The van der Waals surface area contributed by atoms with Gasteiger partial charge in [0.15, 0.2) is 0 Å². The van der Waals surface area contributed by atoms with Crippen molar-refractivity contribution < 1.29 is 0 Å².